The first-order valence-corrected chi connectivity index (χ1v) is 11.1. The van der Waals surface area contributed by atoms with Gasteiger partial charge in [0.2, 0.25) is 0 Å². The molecule has 11 heteroatoms. The number of aliphatic hydroxyl groups excluding tert-OH is 2. The van der Waals surface area contributed by atoms with E-state index >= 15 is 0 Å². The van der Waals surface area contributed by atoms with Crippen LogP contribution in [0.4, 0.5) is 15.3 Å². The van der Waals surface area contributed by atoms with Crippen molar-refractivity contribution in [1.29, 1.82) is 0 Å². The summed E-state index contributed by atoms with van der Waals surface area (Å²) in [4.78, 5) is 28.0. The predicted octanol–water partition coefficient (Wildman–Crippen LogP) is 3.48. The topological polar surface area (TPSA) is 114 Å². The fraction of sp³-hybridized carbons (Fsp3) is 0.364. The van der Waals surface area contributed by atoms with Crippen molar-refractivity contribution in [3.63, 3.8) is 0 Å². The molecule has 1 fully saturated rings. The zero-order chi connectivity index (χ0) is 24.1. The Morgan fingerprint density at radius 1 is 1.15 bits per heavy atom. The lowest BCUT2D eigenvalue weighted by Gasteiger charge is -2.41. The first-order valence-electron chi connectivity index (χ1n) is 10.3. The first kappa shape index (κ1) is 24.9. The molecule has 9 nitrogen and oxygen atoms in total. The van der Waals surface area contributed by atoms with Crippen molar-refractivity contribution in [2.75, 3.05) is 18.5 Å². The van der Waals surface area contributed by atoms with Crippen molar-refractivity contribution < 1.29 is 24.5 Å². The third-order valence-corrected chi connectivity index (χ3v) is 5.31. The van der Waals surface area contributed by atoms with Crippen LogP contribution in [0.1, 0.15) is 19.4 Å². The van der Waals surface area contributed by atoms with E-state index in [1.165, 1.54) is 4.90 Å². The van der Waals surface area contributed by atoms with E-state index in [0.29, 0.717) is 21.5 Å². The Balaban J connectivity index is 1.85. The lowest BCUT2D eigenvalue weighted by Crippen LogP contribution is -2.67. The van der Waals surface area contributed by atoms with Gasteiger partial charge in [-0.05, 0) is 49.7 Å². The number of anilines is 1. The summed E-state index contributed by atoms with van der Waals surface area (Å²) in [5, 5.41) is 25.6. The van der Waals surface area contributed by atoms with Crippen molar-refractivity contribution in [2.45, 2.75) is 38.9 Å². The molecule has 0 radical (unpaired) electrons. The number of urea groups is 2. The molecule has 0 aliphatic carbocycles. The van der Waals surface area contributed by atoms with Crippen LogP contribution >= 0.6 is 23.2 Å². The van der Waals surface area contributed by atoms with E-state index in [-0.39, 0.29) is 19.2 Å². The summed E-state index contributed by atoms with van der Waals surface area (Å²) < 4.78 is 5.64. The maximum Gasteiger partial charge on any atom is 0.331 e. The molecule has 1 saturated heterocycles. The number of hydrogen-bond acceptors (Lipinski definition) is 6. The molecule has 0 spiro atoms. The molecule has 0 saturated carbocycles. The van der Waals surface area contributed by atoms with E-state index in [0.717, 1.165) is 10.5 Å². The molecule has 2 atom stereocenters. The Morgan fingerprint density at radius 2 is 1.85 bits per heavy atom. The monoisotopic (exact) mass is 496 g/mol. The Hall–Kier alpha value is -2.72. The van der Waals surface area contributed by atoms with E-state index in [9.17, 15) is 14.7 Å². The average Bonchev–Trinajstić information content (AvgIpc) is 2.76. The third-order valence-electron chi connectivity index (χ3n) is 4.76. The van der Waals surface area contributed by atoms with Gasteiger partial charge in [0.15, 0.2) is 6.29 Å². The Kier molecular flexibility index (Phi) is 8.25. The Bertz CT molecular complexity index is 989. The number of β-amino-alcohol motifs (C(OH)–C–C–N with tert-alkyl or cyclic N) is 1. The summed E-state index contributed by atoms with van der Waals surface area (Å²) in [5.74, 6) is 0.517. The number of imide groups is 1. The number of rotatable bonds is 9. The second-order valence-electron chi connectivity index (χ2n) is 7.79. The molecule has 3 rings (SSSR count). The number of carbonyl (C=O) groups is 2. The minimum atomic E-state index is -1.26. The van der Waals surface area contributed by atoms with Gasteiger partial charge in [0.1, 0.15) is 5.75 Å². The van der Waals surface area contributed by atoms with Crippen LogP contribution in [0, 0.1) is 0 Å². The fourth-order valence-electron chi connectivity index (χ4n) is 3.21. The molecular weight excluding hydrogens is 471 g/mol. The van der Waals surface area contributed by atoms with Crippen molar-refractivity contribution in [3.8, 4) is 5.75 Å². The number of carbonyl (C=O) groups excluding carboxylic acids is 2. The van der Waals surface area contributed by atoms with Crippen LogP contribution < -0.4 is 15.4 Å². The van der Waals surface area contributed by atoms with Crippen LogP contribution in [-0.4, -0.2) is 63.7 Å². The highest BCUT2D eigenvalue weighted by molar-refractivity contribution is 6.32. The summed E-state index contributed by atoms with van der Waals surface area (Å²) in [7, 11) is 0. The molecule has 33 heavy (non-hydrogen) atoms. The normalized spacial score (nSPS) is 17.2. The van der Waals surface area contributed by atoms with Crippen molar-refractivity contribution in [2.24, 2.45) is 0 Å². The molecule has 0 aromatic heterocycles. The maximum absolute atomic E-state index is 13.2. The van der Waals surface area contributed by atoms with Gasteiger partial charge in [0, 0.05) is 10.7 Å². The molecule has 2 aromatic carbocycles. The largest absolute Gasteiger partial charge is 0.489 e. The number of hydrogen-bond donors (Lipinski definition) is 4. The number of amides is 4. The first-order chi connectivity index (χ1) is 15.7. The highest BCUT2D eigenvalue weighted by Gasteiger charge is 2.39. The predicted molar refractivity (Wildman–Crippen MR) is 125 cm³/mol. The minimum Gasteiger partial charge on any atom is -0.489 e. The smallest absolute Gasteiger partial charge is 0.331 e. The summed E-state index contributed by atoms with van der Waals surface area (Å²) in [5.41, 5.74) is 1.33. The van der Waals surface area contributed by atoms with Gasteiger partial charge in [0.05, 0.1) is 36.9 Å². The van der Waals surface area contributed by atoms with Crippen LogP contribution in [0.5, 0.6) is 5.75 Å². The van der Waals surface area contributed by atoms with E-state index < -0.39 is 31.1 Å². The molecule has 0 bridgehead atoms. The number of nitrogens with one attached hydrogen (secondary N) is 2. The van der Waals surface area contributed by atoms with Gasteiger partial charge in [-0.2, -0.15) is 0 Å². The molecule has 4 amide bonds. The Labute approximate surface area is 201 Å². The standard InChI is InChI=1S/C22H26Cl2N4O5/c1-13(2)33-19-8-7-16(9-18(19)24)25-20-26-21(31)28(11-17(30)12-29)22(32)27(20)10-14-3-5-15(23)6-4-14/h3-9,13,17,20,25,29-30H,10-12H2,1-2H3,(H,26,31)/t17?,20-/m1/s1. The van der Waals surface area contributed by atoms with Crippen LogP contribution in [0.15, 0.2) is 42.5 Å². The van der Waals surface area contributed by atoms with Crippen LogP contribution in [0.25, 0.3) is 0 Å². The molecular formula is C22H26Cl2N4O5. The molecule has 1 aliphatic heterocycles. The fourth-order valence-corrected chi connectivity index (χ4v) is 3.56. The molecule has 1 heterocycles. The zero-order valence-electron chi connectivity index (χ0n) is 18.2. The molecule has 1 unspecified atom stereocenters. The van der Waals surface area contributed by atoms with Gasteiger partial charge in [-0.15, -0.1) is 0 Å². The average molecular weight is 497 g/mol. The lowest BCUT2D eigenvalue weighted by atomic mass is 10.2. The third kappa shape index (κ3) is 6.42. The second kappa shape index (κ2) is 10.9. The second-order valence-corrected chi connectivity index (χ2v) is 8.64. The summed E-state index contributed by atoms with van der Waals surface area (Å²) in [6.07, 6.45) is -2.21. The van der Waals surface area contributed by atoms with Crippen molar-refractivity contribution in [1.82, 2.24) is 15.1 Å². The number of nitrogens with zero attached hydrogens (tertiary/aromatic N) is 2. The molecule has 2 aromatic rings. The van der Waals surface area contributed by atoms with E-state index in [4.69, 9.17) is 33.0 Å². The van der Waals surface area contributed by atoms with Crippen molar-refractivity contribution >= 4 is 41.0 Å². The number of benzene rings is 2. The quantitative estimate of drug-likeness (QED) is 0.422. The van der Waals surface area contributed by atoms with Gasteiger partial charge in [0.25, 0.3) is 0 Å². The summed E-state index contributed by atoms with van der Waals surface area (Å²) >= 11 is 12.3. The van der Waals surface area contributed by atoms with Gasteiger partial charge in [-0.1, -0.05) is 35.3 Å². The lowest BCUT2D eigenvalue weighted by molar-refractivity contribution is 0.0541. The molecule has 1 aliphatic rings. The number of halogens is 2. The highest BCUT2D eigenvalue weighted by Crippen LogP contribution is 2.29. The number of ether oxygens (including phenoxy) is 1. The van der Waals surface area contributed by atoms with E-state index in [1.54, 1.807) is 42.5 Å². The molecule has 178 valence electrons. The Morgan fingerprint density at radius 3 is 2.45 bits per heavy atom. The van der Waals surface area contributed by atoms with Gasteiger partial charge < -0.3 is 20.3 Å². The maximum atomic E-state index is 13.2. The molecule has 4 N–H and O–H groups in total. The van der Waals surface area contributed by atoms with E-state index in [2.05, 4.69) is 10.6 Å². The number of aliphatic hydroxyl groups is 2. The summed E-state index contributed by atoms with van der Waals surface area (Å²) in [6, 6.07) is 10.7. The van der Waals surface area contributed by atoms with Crippen LogP contribution in [-0.2, 0) is 6.54 Å². The van der Waals surface area contributed by atoms with Crippen molar-refractivity contribution in [3.05, 3.63) is 58.1 Å². The van der Waals surface area contributed by atoms with E-state index in [1.807, 2.05) is 13.8 Å². The highest BCUT2D eigenvalue weighted by atomic mass is 35.5. The zero-order valence-corrected chi connectivity index (χ0v) is 19.7. The van der Waals surface area contributed by atoms with Gasteiger partial charge in [-0.25, -0.2) is 14.5 Å². The minimum absolute atomic E-state index is 0.0494. The summed E-state index contributed by atoms with van der Waals surface area (Å²) in [6.45, 7) is 2.98. The van der Waals surface area contributed by atoms with Gasteiger partial charge in [-0.3, -0.25) is 10.2 Å². The van der Waals surface area contributed by atoms with Crippen LogP contribution in [0.2, 0.25) is 10.0 Å². The van der Waals surface area contributed by atoms with Crippen LogP contribution in [0.3, 0.4) is 0 Å². The van der Waals surface area contributed by atoms with Gasteiger partial charge >= 0.3 is 12.1 Å². The SMILES string of the molecule is CC(C)Oc1ccc(N[C@@H]2NC(=O)N(CC(O)CO)C(=O)N2Cc2ccc(Cl)cc2)cc1Cl.